The summed E-state index contributed by atoms with van der Waals surface area (Å²) in [5.41, 5.74) is -0.238. The van der Waals surface area contributed by atoms with Crippen LogP contribution in [-0.2, 0) is 11.2 Å². The van der Waals surface area contributed by atoms with Crippen molar-refractivity contribution >= 4 is 28.5 Å². The zero-order valence-electron chi connectivity index (χ0n) is 9.08. The van der Waals surface area contributed by atoms with E-state index in [2.05, 4.69) is 0 Å². The lowest BCUT2D eigenvalue weighted by Gasteiger charge is -2.09. The Labute approximate surface area is 112 Å². The van der Waals surface area contributed by atoms with Gasteiger partial charge in [-0.25, -0.2) is 0 Å². The summed E-state index contributed by atoms with van der Waals surface area (Å²) in [5.74, 6) is 0. The van der Waals surface area contributed by atoms with Gasteiger partial charge in [-0.05, 0) is 24.3 Å². The molecular weight excluding hydrogens is 274 g/mol. The Morgan fingerprint density at radius 2 is 1.72 bits per heavy atom. The molecule has 0 amide bonds. The average Bonchev–Trinajstić information content (AvgIpc) is 2.39. The minimum Gasteiger partial charge on any atom is -0.606 e. The fraction of sp³-hybridized carbons (Fsp3) is 0. The largest absolute Gasteiger partial charge is 0.606 e. The molecule has 0 spiro atoms. The van der Waals surface area contributed by atoms with Gasteiger partial charge in [0.25, 0.3) is 5.69 Å². The van der Waals surface area contributed by atoms with Crippen LogP contribution in [-0.4, -0.2) is 9.48 Å². The number of hydrogen-bond acceptors (Lipinski definition) is 3. The first kappa shape index (κ1) is 12.9. The zero-order chi connectivity index (χ0) is 13.1. The van der Waals surface area contributed by atoms with Crippen LogP contribution in [0.5, 0.6) is 0 Å². The molecule has 6 heteroatoms. The second kappa shape index (κ2) is 5.39. The standard InChI is InChI=1S/C12H8ClNO3S/c13-11-7-6-10(8-12(11)14(15)16)18(17)9-4-2-1-3-5-9/h1-8H. The summed E-state index contributed by atoms with van der Waals surface area (Å²) < 4.78 is 12.2. The van der Waals surface area contributed by atoms with Gasteiger partial charge in [0.1, 0.15) is 5.02 Å². The monoisotopic (exact) mass is 281 g/mol. The van der Waals surface area contributed by atoms with Crippen molar-refractivity contribution in [3.8, 4) is 0 Å². The molecule has 92 valence electrons. The molecule has 2 aromatic carbocycles. The van der Waals surface area contributed by atoms with Crippen molar-refractivity contribution in [1.82, 2.24) is 0 Å². The average molecular weight is 282 g/mol. The summed E-state index contributed by atoms with van der Waals surface area (Å²) in [6.45, 7) is 0. The number of rotatable bonds is 3. The van der Waals surface area contributed by atoms with Crippen LogP contribution in [0.4, 0.5) is 5.69 Å². The van der Waals surface area contributed by atoms with Crippen molar-refractivity contribution in [3.63, 3.8) is 0 Å². The Kier molecular flexibility index (Phi) is 3.86. The van der Waals surface area contributed by atoms with E-state index in [-0.39, 0.29) is 10.7 Å². The lowest BCUT2D eigenvalue weighted by molar-refractivity contribution is -0.384. The quantitative estimate of drug-likeness (QED) is 0.492. The molecule has 0 fully saturated rings. The van der Waals surface area contributed by atoms with Gasteiger partial charge in [0.2, 0.25) is 0 Å². The van der Waals surface area contributed by atoms with E-state index in [1.54, 1.807) is 24.3 Å². The molecule has 0 saturated heterocycles. The van der Waals surface area contributed by atoms with E-state index in [1.165, 1.54) is 18.2 Å². The van der Waals surface area contributed by atoms with Crippen molar-refractivity contribution in [1.29, 1.82) is 0 Å². The molecule has 18 heavy (non-hydrogen) atoms. The van der Waals surface area contributed by atoms with Crippen LogP contribution in [0.1, 0.15) is 0 Å². The molecule has 0 aliphatic heterocycles. The Hall–Kier alpha value is -1.56. The van der Waals surface area contributed by atoms with E-state index >= 15 is 0 Å². The minimum atomic E-state index is -1.44. The Morgan fingerprint density at radius 1 is 1.06 bits per heavy atom. The molecule has 2 rings (SSSR count). The third-order valence-corrected chi connectivity index (χ3v) is 3.99. The highest BCUT2D eigenvalue weighted by Gasteiger charge is 2.20. The van der Waals surface area contributed by atoms with Gasteiger partial charge >= 0.3 is 0 Å². The Balaban J connectivity index is 2.40. The third-order valence-electron chi connectivity index (χ3n) is 2.29. The molecule has 2 aromatic rings. The first-order valence-corrected chi connectivity index (χ1v) is 6.53. The molecule has 0 heterocycles. The zero-order valence-corrected chi connectivity index (χ0v) is 10.6. The molecule has 4 nitrogen and oxygen atoms in total. The van der Waals surface area contributed by atoms with E-state index in [1.807, 2.05) is 6.07 Å². The first-order chi connectivity index (χ1) is 8.59. The Bertz CT molecular complexity index is 577. The second-order valence-corrected chi connectivity index (χ2v) is 5.34. The molecule has 0 radical (unpaired) electrons. The highest BCUT2D eigenvalue weighted by Crippen LogP contribution is 2.29. The van der Waals surface area contributed by atoms with Crippen LogP contribution in [0.3, 0.4) is 0 Å². The maximum absolute atomic E-state index is 12.2. The number of nitro groups is 1. The van der Waals surface area contributed by atoms with Crippen molar-refractivity contribution in [2.45, 2.75) is 9.79 Å². The summed E-state index contributed by atoms with van der Waals surface area (Å²) in [6, 6.07) is 12.9. The van der Waals surface area contributed by atoms with Gasteiger partial charge in [0, 0.05) is 11.2 Å². The van der Waals surface area contributed by atoms with Gasteiger partial charge in [0.15, 0.2) is 9.79 Å². The highest BCUT2D eigenvalue weighted by molar-refractivity contribution is 7.91. The molecule has 0 aliphatic carbocycles. The van der Waals surface area contributed by atoms with Gasteiger partial charge in [-0.15, -0.1) is 0 Å². The molecule has 0 N–H and O–H groups in total. The van der Waals surface area contributed by atoms with E-state index in [0.717, 1.165) is 0 Å². The van der Waals surface area contributed by atoms with E-state index < -0.39 is 16.1 Å². The first-order valence-electron chi connectivity index (χ1n) is 5.00. The molecule has 1 unspecified atom stereocenters. The summed E-state index contributed by atoms with van der Waals surface area (Å²) in [5, 5.41) is 10.8. The van der Waals surface area contributed by atoms with Gasteiger partial charge in [-0.2, -0.15) is 0 Å². The summed E-state index contributed by atoms with van der Waals surface area (Å²) >= 11 is 4.26. The summed E-state index contributed by atoms with van der Waals surface area (Å²) in [4.78, 5) is 11.1. The second-order valence-electron chi connectivity index (χ2n) is 3.45. The normalized spacial score (nSPS) is 12.1. The van der Waals surface area contributed by atoms with E-state index in [4.69, 9.17) is 11.6 Å². The number of hydrogen-bond donors (Lipinski definition) is 0. The van der Waals surface area contributed by atoms with Gasteiger partial charge in [0.05, 0.1) is 11.0 Å². The predicted molar refractivity (Wildman–Crippen MR) is 69.2 cm³/mol. The van der Waals surface area contributed by atoms with Crippen LogP contribution in [0.2, 0.25) is 5.02 Å². The van der Waals surface area contributed by atoms with E-state index in [9.17, 15) is 14.7 Å². The molecule has 1 atom stereocenters. The topological polar surface area (TPSA) is 66.2 Å². The van der Waals surface area contributed by atoms with Crippen LogP contribution >= 0.6 is 11.6 Å². The van der Waals surface area contributed by atoms with Crippen LogP contribution < -0.4 is 0 Å². The predicted octanol–water partition coefficient (Wildman–Crippen LogP) is 3.41. The van der Waals surface area contributed by atoms with Gasteiger partial charge in [-0.3, -0.25) is 10.1 Å². The van der Waals surface area contributed by atoms with Crippen LogP contribution in [0.25, 0.3) is 0 Å². The molecule has 0 aromatic heterocycles. The SMILES string of the molecule is O=[N+]([O-])c1cc([S+]([O-])c2ccccc2)ccc1Cl. The lowest BCUT2D eigenvalue weighted by atomic mass is 10.3. The molecular formula is C12H8ClNO3S. The number of nitrogens with zero attached hydrogens (tertiary/aromatic N) is 1. The fourth-order valence-electron chi connectivity index (χ4n) is 1.43. The Morgan fingerprint density at radius 3 is 2.33 bits per heavy atom. The van der Waals surface area contributed by atoms with Gasteiger partial charge in [-0.1, -0.05) is 29.8 Å². The van der Waals surface area contributed by atoms with Gasteiger partial charge < -0.3 is 4.55 Å². The van der Waals surface area contributed by atoms with Crippen molar-refractivity contribution in [2.75, 3.05) is 0 Å². The van der Waals surface area contributed by atoms with Crippen LogP contribution in [0, 0.1) is 10.1 Å². The molecule has 0 bridgehead atoms. The number of nitro benzene ring substituents is 1. The number of benzene rings is 2. The minimum absolute atomic E-state index is 0.0359. The number of halogens is 1. The summed E-state index contributed by atoms with van der Waals surface area (Å²) in [6.07, 6.45) is 0. The van der Waals surface area contributed by atoms with E-state index in [0.29, 0.717) is 9.79 Å². The van der Waals surface area contributed by atoms with Crippen molar-refractivity contribution in [3.05, 3.63) is 63.7 Å². The fourth-order valence-corrected chi connectivity index (χ4v) is 2.70. The lowest BCUT2D eigenvalue weighted by Crippen LogP contribution is -2.02. The maximum Gasteiger partial charge on any atom is 0.292 e. The third kappa shape index (κ3) is 2.64. The van der Waals surface area contributed by atoms with Crippen LogP contribution in [0.15, 0.2) is 58.3 Å². The van der Waals surface area contributed by atoms with Crippen molar-refractivity contribution in [2.24, 2.45) is 0 Å². The molecule has 0 saturated carbocycles. The maximum atomic E-state index is 12.2. The molecule has 0 aliphatic rings. The highest BCUT2D eigenvalue weighted by atomic mass is 35.5. The smallest absolute Gasteiger partial charge is 0.292 e. The summed E-state index contributed by atoms with van der Waals surface area (Å²) in [7, 11) is 0. The van der Waals surface area contributed by atoms with Crippen molar-refractivity contribution < 1.29 is 9.48 Å².